The molecule has 27 heavy (non-hydrogen) atoms. The van der Waals surface area contributed by atoms with E-state index >= 15 is 0 Å². The van der Waals surface area contributed by atoms with Crippen molar-refractivity contribution in [1.29, 1.82) is 10.5 Å². The van der Waals surface area contributed by atoms with E-state index in [2.05, 4.69) is 15.3 Å². The van der Waals surface area contributed by atoms with Crippen LogP contribution in [0.5, 0.6) is 0 Å². The molecule has 0 radical (unpaired) electrons. The van der Waals surface area contributed by atoms with Crippen LogP contribution in [0.1, 0.15) is 12.8 Å². The fraction of sp³-hybridized carbons (Fsp3) is 0.250. The third kappa shape index (κ3) is 5.00. The Morgan fingerprint density at radius 1 is 1.26 bits per heavy atom. The summed E-state index contributed by atoms with van der Waals surface area (Å²) in [6, 6.07) is 7.65. The van der Waals surface area contributed by atoms with Crippen LogP contribution in [-0.2, 0) is 0 Å². The van der Waals surface area contributed by atoms with Crippen molar-refractivity contribution in [2.24, 2.45) is 0 Å². The lowest BCUT2D eigenvalue weighted by Gasteiger charge is -2.21. The summed E-state index contributed by atoms with van der Waals surface area (Å²) in [6.07, 6.45) is 1.33. The molecule has 1 heterocycles. The number of nitrogens with zero attached hydrogens (tertiary/aromatic N) is 6. The number of halogens is 2. The second-order valence-electron chi connectivity index (χ2n) is 5.21. The Bertz CT molecular complexity index is 908. The first-order valence-corrected chi connectivity index (χ1v) is 8.06. The summed E-state index contributed by atoms with van der Waals surface area (Å²) in [5, 5.41) is 31.8. The van der Waals surface area contributed by atoms with E-state index in [1.54, 1.807) is 0 Å². The molecule has 2 rings (SSSR count). The number of rotatable bonds is 8. The Hall–Kier alpha value is -3.50. The van der Waals surface area contributed by atoms with Gasteiger partial charge in [-0.25, -0.2) is 14.4 Å². The highest BCUT2D eigenvalue weighted by molar-refractivity contribution is 6.31. The van der Waals surface area contributed by atoms with Gasteiger partial charge in [-0.05, 0) is 18.2 Å². The molecular formula is C16H13ClFN7O2. The molecule has 1 aromatic carbocycles. The number of benzene rings is 1. The van der Waals surface area contributed by atoms with Gasteiger partial charge < -0.3 is 10.2 Å². The van der Waals surface area contributed by atoms with Gasteiger partial charge >= 0.3 is 5.69 Å². The van der Waals surface area contributed by atoms with E-state index < -0.39 is 16.4 Å². The van der Waals surface area contributed by atoms with Gasteiger partial charge in [-0.3, -0.25) is 10.1 Å². The van der Waals surface area contributed by atoms with Gasteiger partial charge in [-0.2, -0.15) is 10.5 Å². The fourth-order valence-electron chi connectivity index (χ4n) is 2.26. The molecule has 1 N–H and O–H groups in total. The quantitative estimate of drug-likeness (QED) is 0.535. The van der Waals surface area contributed by atoms with Crippen molar-refractivity contribution in [3.05, 3.63) is 45.5 Å². The Kier molecular flexibility index (Phi) is 6.80. The van der Waals surface area contributed by atoms with Gasteiger partial charge in [-0.15, -0.1) is 0 Å². The SMILES string of the molecule is N#CCCN(CCC#N)c1ncnc(Nc2ccc(F)c(Cl)c2)c1[N+](=O)[O-]. The van der Waals surface area contributed by atoms with Crippen molar-refractivity contribution in [2.45, 2.75) is 12.8 Å². The molecule has 0 saturated carbocycles. The van der Waals surface area contributed by atoms with Gasteiger partial charge in [0.1, 0.15) is 12.1 Å². The molecule has 0 aliphatic heterocycles. The van der Waals surface area contributed by atoms with E-state index in [-0.39, 0.29) is 42.6 Å². The molecule has 1 aromatic heterocycles. The molecular weight excluding hydrogens is 377 g/mol. The second-order valence-corrected chi connectivity index (χ2v) is 5.62. The molecule has 0 spiro atoms. The van der Waals surface area contributed by atoms with Crippen LogP contribution < -0.4 is 10.2 Å². The highest BCUT2D eigenvalue weighted by Gasteiger charge is 2.27. The molecule has 0 fully saturated rings. The Balaban J connectivity index is 2.45. The molecule has 0 amide bonds. The van der Waals surface area contributed by atoms with Crippen LogP contribution in [0.3, 0.4) is 0 Å². The zero-order valence-corrected chi connectivity index (χ0v) is 14.6. The molecule has 0 atom stereocenters. The summed E-state index contributed by atoms with van der Waals surface area (Å²) < 4.78 is 13.3. The van der Waals surface area contributed by atoms with Crippen LogP contribution in [0.4, 0.5) is 27.4 Å². The maximum atomic E-state index is 13.3. The van der Waals surface area contributed by atoms with Gasteiger partial charge in [0.25, 0.3) is 0 Å². The van der Waals surface area contributed by atoms with E-state index in [1.165, 1.54) is 17.0 Å². The number of hydrogen-bond acceptors (Lipinski definition) is 8. The average molecular weight is 390 g/mol. The number of nitro groups is 1. The van der Waals surface area contributed by atoms with Crippen LogP contribution in [0.25, 0.3) is 0 Å². The summed E-state index contributed by atoms with van der Waals surface area (Å²) in [5.74, 6) is -0.762. The molecule has 9 nitrogen and oxygen atoms in total. The Morgan fingerprint density at radius 3 is 2.48 bits per heavy atom. The van der Waals surface area contributed by atoms with Gasteiger partial charge in [0, 0.05) is 18.8 Å². The van der Waals surface area contributed by atoms with Crippen molar-refractivity contribution in [1.82, 2.24) is 9.97 Å². The normalized spacial score (nSPS) is 9.93. The summed E-state index contributed by atoms with van der Waals surface area (Å²) >= 11 is 5.73. The predicted octanol–water partition coefficient (Wildman–Crippen LogP) is 3.55. The molecule has 0 aliphatic rings. The van der Waals surface area contributed by atoms with E-state index in [9.17, 15) is 14.5 Å². The third-order valence-electron chi connectivity index (χ3n) is 3.45. The summed E-state index contributed by atoms with van der Waals surface area (Å²) in [5.41, 5.74) is -0.122. The first kappa shape index (κ1) is 19.8. The number of nitrogens with one attached hydrogen (secondary N) is 1. The summed E-state index contributed by atoms with van der Waals surface area (Å²) in [6.45, 7) is 0.329. The zero-order valence-electron chi connectivity index (χ0n) is 13.9. The van der Waals surface area contributed by atoms with Crippen molar-refractivity contribution >= 4 is 34.6 Å². The Morgan fingerprint density at radius 2 is 1.93 bits per heavy atom. The highest BCUT2D eigenvalue weighted by Crippen LogP contribution is 2.34. The Labute approximate surface area is 158 Å². The minimum atomic E-state index is -0.658. The number of nitriles is 2. The minimum Gasteiger partial charge on any atom is -0.349 e. The maximum Gasteiger partial charge on any atom is 0.353 e. The number of aromatic nitrogens is 2. The number of hydrogen-bond donors (Lipinski definition) is 1. The molecule has 138 valence electrons. The second kappa shape index (κ2) is 9.27. The van der Waals surface area contributed by atoms with Gasteiger partial charge in [-0.1, -0.05) is 11.6 Å². The predicted molar refractivity (Wildman–Crippen MR) is 96.1 cm³/mol. The van der Waals surface area contributed by atoms with Gasteiger partial charge in [0.15, 0.2) is 0 Å². The average Bonchev–Trinajstić information content (AvgIpc) is 2.64. The first-order chi connectivity index (χ1) is 13.0. The third-order valence-corrected chi connectivity index (χ3v) is 3.74. The van der Waals surface area contributed by atoms with Gasteiger partial charge in [0.05, 0.1) is 34.9 Å². The van der Waals surface area contributed by atoms with Crippen molar-refractivity contribution < 1.29 is 9.31 Å². The molecule has 11 heteroatoms. The maximum absolute atomic E-state index is 13.3. The summed E-state index contributed by atoms with van der Waals surface area (Å²) in [7, 11) is 0. The van der Waals surface area contributed by atoms with E-state index in [4.69, 9.17) is 22.1 Å². The molecule has 0 unspecified atom stereocenters. The van der Waals surface area contributed by atoms with E-state index in [0.717, 1.165) is 12.4 Å². The zero-order chi connectivity index (χ0) is 19.8. The van der Waals surface area contributed by atoms with Crippen molar-refractivity contribution in [3.63, 3.8) is 0 Å². The molecule has 0 bridgehead atoms. The monoisotopic (exact) mass is 389 g/mol. The highest BCUT2D eigenvalue weighted by atomic mass is 35.5. The van der Waals surface area contributed by atoms with Crippen LogP contribution >= 0.6 is 11.6 Å². The molecule has 0 saturated heterocycles. The minimum absolute atomic E-state index is 0.0174. The van der Waals surface area contributed by atoms with E-state index in [1.807, 2.05) is 12.1 Å². The fourth-order valence-corrected chi connectivity index (χ4v) is 2.45. The lowest BCUT2D eigenvalue weighted by Crippen LogP contribution is -2.27. The van der Waals surface area contributed by atoms with Crippen LogP contribution in [0, 0.1) is 38.6 Å². The largest absolute Gasteiger partial charge is 0.353 e. The molecule has 2 aromatic rings. The standard InChI is InChI=1S/C16H13ClFN7O2/c17-12-9-11(3-4-13(12)18)23-15-14(25(26)27)16(22-10-21-15)24(7-1-5-19)8-2-6-20/h3-4,9-10H,1-2,7-8H2,(H,21,22,23). The summed E-state index contributed by atoms with van der Waals surface area (Å²) in [4.78, 5) is 20.3. The number of anilines is 3. The van der Waals surface area contributed by atoms with Crippen LogP contribution in [0.15, 0.2) is 24.5 Å². The lowest BCUT2D eigenvalue weighted by molar-refractivity contribution is -0.383. The first-order valence-electron chi connectivity index (χ1n) is 7.68. The van der Waals surface area contributed by atoms with E-state index in [0.29, 0.717) is 5.69 Å². The van der Waals surface area contributed by atoms with Crippen molar-refractivity contribution in [3.8, 4) is 12.1 Å². The smallest absolute Gasteiger partial charge is 0.349 e. The van der Waals surface area contributed by atoms with Gasteiger partial charge in [0.2, 0.25) is 11.6 Å². The lowest BCUT2D eigenvalue weighted by atomic mass is 10.3. The molecule has 0 aliphatic carbocycles. The topological polar surface area (TPSA) is 132 Å². The van der Waals surface area contributed by atoms with Crippen LogP contribution in [-0.4, -0.2) is 28.0 Å². The van der Waals surface area contributed by atoms with Crippen LogP contribution in [0.2, 0.25) is 5.02 Å². The van der Waals surface area contributed by atoms with Crippen molar-refractivity contribution in [2.75, 3.05) is 23.3 Å².